The summed E-state index contributed by atoms with van der Waals surface area (Å²) >= 11 is 5.37. The van der Waals surface area contributed by atoms with Gasteiger partial charge in [0.2, 0.25) is 10.7 Å². The van der Waals surface area contributed by atoms with Crippen LogP contribution in [0.25, 0.3) is 5.69 Å². The third kappa shape index (κ3) is 2.62. The van der Waals surface area contributed by atoms with Gasteiger partial charge in [0.15, 0.2) is 0 Å². The first kappa shape index (κ1) is 17.9. The summed E-state index contributed by atoms with van der Waals surface area (Å²) in [5.74, 6) is 0.753. The molecule has 4 rings (SSSR count). The summed E-state index contributed by atoms with van der Waals surface area (Å²) in [6, 6.07) is 8.91. The quantitative estimate of drug-likeness (QED) is 0.759. The molecule has 0 spiro atoms. The SMILES string of the molecule is COC(=S)C1(C)N=C(C2CCCCC2)n2c(=O)n(-c3ccccc3)c(=O)n21. The second kappa shape index (κ2) is 6.60. The monoisotopic (exact) mass is 386 g/mol. The van der Waals surface area contributed by atoms with E-state index in [-0.39, 0.29) is 11.0 Å². The van der Waals surface area contributed by atoms with Gasteiger partial charge in [0.25, 0.3) is 0 Å². The minimum atomic E-state index is -1.22. The maximum absolute atomic E-state index is 13.3. The Balaban J connectivity index is 1.98. The van der Waals surface area contributed by atoms with E-state index in [2.05, 4.69) is 0 Å². The summed E-state index contributed by atoms with van der Waals surface area (Å²) in [5.41, 5.74) is -1.58. The van der Waals surface area contributed by atoms with Gasteiger partial charge >= 0.3 is 11.4 Å². The maximum Gasteiger partial charge on any atom is 0.357 e. The molecule has 1 atom stereocenters. The highest BCUT2D eigenvalue weighted by molar-refractivity contribution is 7.80. The summed E-state index contributed by atoms with van der Waals surface area (Å²) in [6.45, 7) is 1.72. The average molecular weight is 386 g/mol. The third-order valence-electron chi connectivity index (χ3n) is 5.46. The number of nitrogens with zero attached hydrogens (tertiary/aromatic N) is 4. The zero-order valence-electron chi connectivity index (χ0n) is 15.4. The number of rotatable bonds is 3. The van der Waals surface area contributed by atoms with Gasteiger partial charge in [-0.05, 0) is 44.1 Å². The molecule has 27 heavy (non-hydrogen) atoms. The van der Waals surface area contributed by atoms with Gasteiger partial charge in [-0.15, -0.1) is 0 Å². The molecular formula is C19H22N4O3S. The van der Waals surface area contributed by atoms with Crippen LogP contribution in [0.1, 0.15) is 39.0 Å². The van der Waals surface area contributed by atoms with Crippen molar-refractivity contribution in [1.82, 2.24) is 13.9 Å². The van der Waals surface area contributed by atoms with E-state index in [1.165, 1.54) is 27.5 Å². The highest BCUT2D eigenvalue weighted by Crippen LogP contribution is 2.32. The maximum atomic E-state index is 13.3. The number of aromatic nitrogens is 3. The van der Waals surface area contributed by atoms with E-state index in [1.807, 2.05) is 6.07 Å². The van der Waals surface area contributed by atoms with E-state index in [9.17, 15) is 9.59 Å². The Hall–Kier alpha value is -2.48. The Labute approximate surface area is 161 Å². The number of thiocarbonyl (C=S) groups is 1. The molecule has 2 aromatic rings. The molecular weight excluding hydrogens is 364 g/mol. The van der Waals surface area contributed by atoms with Crippen molar-refractivity contribution >= 4 is 23.1 Å². The van der Waals surface area contributed by atoms with Crippen LogP contribution in [-0.4, -0.2) is 31.9 Å². The molecule has 1 saturated carbocycles. The smallest absolute Gasteiger partial charge is 0.357 e. The Morgan fingerprint density at radius 1 is 1.15 bits per heavy atom. The number of ether oxygens (including phenoxy) is 1. The fourth-order valence-corrected chi connectivity index (χ4v) is 4.22. The van der Waals surface area contributed by atoms with Crippen LogP contribution < -0.4 is 11.4 Å². The summed E-state index contributed by atoms with van der Waals surface area (Å²) in [5, 5.41) is 0.161. The largest absolute Gasteiger partial charge is 0.487 e. The molecule has 1 aliphatic carbocycles. The number of fused-ring (bicyclic) bond motifs is 1. The molecule has 1 fully saturated rings. The van der Waals surface area contributed by atoms with Crippen LogP contribution in [0, 0.1) is 5.92 Å². The molecule has 1 aromatic heterocycles. The molecule has 0 bridgehead atoms. The van der Waals surface area contributed by atoms with E-state index < -0.39 is 17.0 Å². The molecule has 8 heteroatoms. The lowest BCUT2D eigenvalue weighted by molar-refractivity contribution is 0.308. The van der Waals surface area contributed by atoms with Gasteiger partial charge in [-0.2, -0.15) is 9.36 Å². The van der Waals surface area contributed by atoms with Crippen molar-refractivity contribution in [1.29, 1.82) is 0 Å². The van der Waals surface area contributed by atoms with Gasteiger partial charge in [-0.1, -0.05) is 37.5 Å². The molecule has 1 aromatic carbocycles. The van der Waals surface area contributed by atoms with Crippen molar-refractivity contribution in [2.75, 3.05) is 7.11 Å². The number of para-hydroxylation sites is 1. The summed E-state index contributed by atoms with van der Waals surface area (Å²) in [6.07, 6.45) is 5.27. The first-order valence-corrected chi connectivity index (χ1v) is 9.61. The van der Waals surface area contributed by atoms with Gasteiger partial charge in [-0.25, -0.2) is 19.1 Å². The van der Waals surface area contributed by atoms with Crippen LogP contribution in [0.3, 0.4) is 0 Å². The van der Waals surface area contributed by atoms with Gasteiger partial charge in [0, 0.05) is 5.92 Å². The topological polar surface area (TPSA) is 70.5 Å². The van der Waals surface area contributed by atoms with Crippen molar-refractivity contribution in [2.45, 2.75) is 44.7 Å². The van der Waals surface area contributed by atoms with Crippen molar-refractivity contribution in [2.24, 2.45) is 10.9 Å². The molecule has 2 aliphatic rings. The molecule has 0 N–H and O–H groups in total. The van der Waals surface area contributed by atoms with Crippen LogP contribution >= 0.6 is 12.2 Å². The van der Waals surface area contributed by atoms with Crippen molar-refractivity contribution in [3.05, 3.63) is 51.3 Å². The highest BCUT2D eigenvalue weighted by Gasteiger charge is 2.46. The molecule has 1 unspecified atom stereocenters. The highest BCUT2D eigenvalue weighted by atomic mass is 32.1. The molecule has 0 saturated heterocycles. The molecule has 0 radical (unpaired) electrons. The van der Waals surface area contributed by atoms with Crippen molar-refractivity contribution in [3.8, 4) is 5.69 Å². The van der Waals surface area contributed by atoms with Crippen LogP contribution in [-0.2, 0) is 10.4 Å². The van der Waals surface area contributed by atoms with E-state index in [0.29, 0.717) is 11.5 Å². The number of aliphatic imine (C=N–C) groups is 1. The van der Waals surface area contributed by atoms with Crippen LogP contribution in [0.15, 0.2) is 44.9 Å². The van der Waals surface area contributed by atoms with E-state index in [0.717, 1.165) is 25.7 Å². The normalized spacial score (nSPS) is 22.4. The van der Waals surface area contributed by atoms with E-state index in [4.69, 9.17) is 21.9 Å². The van der Waals surface area contributed by atoms with Crippen LogP contribution in [0.2, 0.25) is 0 Å². The predicted octanol–water partition coefficient (Wildman–Crippen LogP) is 2.29. The number of hydrogen-bond acceptors (Lipinski definition) is 5. The molecule has 142 valence electrons. The summed E-state index contributed by atoms with van der Waals surface area (Å²) in [7, 11) is 1.46. The summed E-state index contributed by atoms with van der Waals surface area (Å²) in [4.78, 5) is 31.3. The first-order valence-electron chi connectivity index (χ1n) is 9.20. The zero-order chi connectivity index (χ0) is 19.2. The zero-order valence-corrected chi connectivity index (χ0v) is 16.2. The molecule has 1 aliphatic heterocycles. The first-order chi connectivity index (χ1) is 13.0. The minimum absolute atomic E-state index is 0.134. The number of hydrogen-bond donors (Lipinski definition) is 0. The molecule has 2 heterocycles. The fourth-order valence-electron chi connectivity index (χ4n) is 4.09. The fraction of sp³-hybridized carbons (Fsp3) is 0.474. The van der Waals surface area contributed by atoms with E-state index >= 15 is 0 Å². The Kier molecular flexibility index (Phi) is 4.38. The Bertz CT molecular complexity index is 1030. The van der Waals surface area contributed by atoms with Crippen molar-refractivity contribution < 1.29 is 4.74 Å². The van der Waals surface area contributed by atoms with Gasteiger partial charge in [0.1, 0.15) is 5.84 Å². The predicted molar refractivity (Wildman–Crippen MR) is 107 cm³/mol. The lowest BCUT2D eigenvalue weighted by Gasteiger charge is -2.21. The lowest BCUT2D eigenvalue weighted by Crippen LogP contribution is -2.43. The summed E-state index contributed by atoms with van der Waals surface area (Å²) < 4.78 is 9.21. The van der Waals surface area contributed by atoms with Crippen molar-refractivity contribution in [3.63, 3.8) is 0 Å². The standard InChI is InChI=1S/C19H22N4O3S/c1-19(16(27)26-2)20-15(13-9-5-3-6-10-13)22-17(24)21(18(25)23(19)22)14-11-7-4-8-12-14/h4,7-8,11-13H,3,5-6,9-10H2,1-2H3. The van der Waals surface area contributed by atoms with Crippen LogP contribution in [0.4, 0.5) is 0 Å². The molecule has 7 nitrogen and oxygen atoms in total. The minimum Gasteiger partial charge on any atom is -0.487 e. The third-order valence-corrected chi connectivity index (χ3v) is 6.02. The van der Waals surface area contributed by atoms with Gasteiger partial charge < -0.3 is 4.74 Å². The Morgan fingerprint density at radius 2 is 1.81 bits per heavy atom. The van der Waals surface area contributed by atoms with E-state index in [1.54, 1.807) is 31.2 Å². The van der Waals surface area contributed by atoms with Gasteiger partial charge in [-0.3, -0.25) is 0 Å². The lowest BCUT2D eigenvalue weighted by atomic mass is 9.88. The average Bonchev–Trinajstić information content (AvgIpc) is 3.16. The Morgan fingerprint density at radius 3 is 2.44 bits per heavy atom. The number of methoxy groups -OCH3 is 1. The molecule has 0 amide bonds. The second-order valence-electron chi connectivity index (χ2n) is 7.18. The van der Waals surface area contributed by atoms with Gasteiger partial charge in [0.05, 0.1) is 12.8 Å². The van der Waals surface area contributed by atoms with Crippen LogP contribution in [0.5, 0.6) is 0 Å². The number of benzene rings is 1. The second-order valence-corrected chi connectivity index (χ2v) is 7.55.